The molecule has 3 heteroatoms. The maximum absolute atomic E-state index is 11.0. The molecule has 0 N–H and O–H groups in total. The van der Waals surface area contributed by atoms with Crippen molar-refractivity contribution in [2.24, 2.45) is 0 Å². The molecule has 1 aromatic heterocycles. The summed E-state index contributed by atoms with van der Waals surface area (Å²) in [5.41, 5.74) is 1.14. The molecule has 2 rings (SSSR count). The van der Waals surface area contributed by atoms with Gasteiger partial charge in [0.05, 0.1) is 0 Å². The third-order valence-electron chi connectivity index (χ3n) is 2.06. The summed E-state index contributed by atoms with van der Waals surface area (Å²) in [6, 6.07) is 6.17. The van der Waals surface area contributed by atoms with E-state index < -0.39 is 0 Å². The van der Waals surface area contributed by atoms with Crippen LogP contribution in [0, 0.1) is 0 Å². The topological polar surface area (TPSA) is 17.1 Å². The Morgan fingerprint density at radius 1 is 1.50 bits per heavy atom. The molecule has 0 bridgehead atoms. The lowest BCUT2D eigenvalue weighted by Crippen LogP contribution is -1.94. The van der Waals surface area contributed by atoms with Crippen LogP contribution in [-0.4, -0.2) is 5.78 Å². The summed E-state index contributed by atoms with van der Waals surface area (Å²) in [5.74, 6) is 0.213. The van der Waals surface area contributed by atoms with Gasteiger partial charge in [-0.1, -0.05) is 15.9 Å². The smallest absolute Gasteiger partial charge is 0.134 e. The molecular weight excluding hydrogens is 260 g/mol. The molecule has 0 aliphatic rings. The van der Waals surface area contributed by atoms with Gasteiger partial charge < -0.3 is 0 Å². The molecule has 0 amide bonds. The van der Waals surface area contributed by atoms with Gasteiger partial charge in [-0.05, 0) is 41.5 Å². The van der Waals surface area contributed by atoms with Gasteiger partial charge in [-0.25, -0.2) is 0 Å². The average molecular weight is 269 g/mol. The molecule has 72 valence electrons. The van der Waals surface area contributed by atoms with Gasteiger partial charge in [0.25, 0.3) is 0 Å². The van der Waals surface area contributed by atoms with Crippen LogP contribution in [0.3, 0.4) is 0 Å². The molecule has 0 spiro atoms. The Labute approximate surface area is 94.9 Å². The van der Waals surface area contributed by atoms with E-state index >= 15 is 0 Å². The predicted octanol–water partition coefficient (Wildman–Crippen LogP) is 3.80. The molecule has 0 atom stereocenters. The highest BCUT2D eigenvalue weighted by molar-refractivity contribution is 9.10. The van der Waals surface area contributed by atoms with E-state index in [1.54, 1.807) is 18.3 Å². The number of thiophene rings is 1. The monoisotopic (exact) mass is 268 g/mol. The first-order chi connectivity index (χ1) is 6.66. The van der Waals surface area contributed by atoms with E-state index in [4.69, 9.17) is 0 Å². The number of hydrogen-bond donors (Lipinski definition) is 0. The summed E-state index contributed by atoms with van der Waals surface area (Å²) in [7, 11) is 0. The molecule has 1 nitrogen and oxygen atoms in total. The SMILES string of the molecule is CC(=O)Cc1csc2ccc(Br)cc12. The van der Waals surface area contributed by atoms with Crippen LogP contribution in [0.2, 0.25) is 0 Å². The number of benzene rings is 1. The largest absolute Gasteiger partial charge is 0.300 e. The van der Waals surface area contributed by atoms with Crippen molar-refractivity contribution in [1.29, 1.82) is 0 Å². The fraction of sp³-hybridized carbons (Fsp3) is 0.182. The Morgan fingerprint density at radius 3 is 3.00 bits per heavy atom. The molecule has 2 aromatic rings. The van der Waals surface area contributed by atoms with Crippen LogP contribution in [0.1, 0.15) is 12.5 Å². The number of fused-ring (bicyclic) bond motifs is 1. The van der Waals surface area contributed by atoms with E-state index in [0.29, 0.717) is 6.42 Å². The first-order valence-corrected chi connectivity index (χ1v) is 5.99. The Hall–Kier alpha value is -0.670. The van der Waals surface area contributed by atoms with Crippen LogP contribution in [0.4, 0.5) is 0 Å². The molecule has 1 heterocycles. The fourth-order valence-corrected chi connectivity index (χ4v) is 2.76. The quantitative estimate of drug-likeness (QED) is 0.810. The van der Waals surface area contributed by atoms with E-state index in [-0.39, 0.29) is 5.78 Å². The normalized spacial score (nSPS) is 10.7. The van der Waals surface area contributed by atoms with Gasteiger partial charge in [-0.15, -0.1) is 11.3 Å². The van der Waals surface area contributed by atoms with Crippen LogP contribution < -0.4 is 0 Å². The lowest BCUT2D eigenvalue weighted by molar-refractivity contribution is -0.116. The molecule has 0 aliphatic heterocycles. The van der Waals surface area contributed by atoms with Crippen molar-refractivity contribution in [3.63, 3.8) is 0 Å². The minimum absolute atomic E-state index is 0.213. The zero-order chi connectivity index (χ0) is 10.1. The predicted molar refractivity (Wildman–Crippen MR) is 63.9 cm³/mol. The standard InChI is InChI=1S/C11H9BrOS/c1-7(13)4-8-6-14-11-3-2-9(12)5-10(8)11/h2-3,5-6H,4H2,1H3. The van der Waals surface area contributed by atoms with Crippen LogP contribution in [0.25, 0.3) is 10.1 Å². The molecule has 0 unspecified atom stereocenters. The number of ketones is 1. The van der Waals surface area contributed by atoms with Gasteiger partial charge in [0.2, 0.25) is 0 Å². The van der Waals surface area contributed by atoms with Crippen molar-refractivity contribution in [3.8, 4) is 0 Å². The van der Waals surface area contributed by atoms with Crippen molar-refractivity contribution in [2.75, 3.05) is 0 Å². The second-order valence-electron chi connectivity index (χ2n) is 3.28. The van der Waals surface area contributed by atoms with Crippen molar-refractivity contribution >= 4 is 43.1 Å². The van der Waals surface area contributed by atoms with Crippen molar-refractivity contribution in [2.45, 2.75) is 13.3 Å². The minimum atomic E-state index is 0.213. The number of carbonyl (C=O) groups excluding carboxylic acids is 1. The van der Waals surface area contributed by atoms with E-state index in [0.717, 1.165) is 10.0 Å². The number of Topliss-reactive ketones (excluding diaryl/α,β-unsaturated/α-hetero) is 1. The number of rotatable bonds is 2. The van der Waals surface area contributed by atoms with Gasteiger partial charge in [0.1, 0.15) is 5.78 Å². The molecule has 14 heavy (non-hydrogen) atoms. The maximum Gasteiger partial charge on any atom is 0.134 e. The van der Waals surface area contributed by atoms with E-state index in [1.165, 1.54) is 10.1 Å². The lowest BCUT2D eigenvalue weighted by atomic mass is 10.1. The van der Waals surface area contributed by atoms with Crippen LogP contribution in [0.15, 0.2) is 28.1 Å². The second-order valence-corrected chi connectivity index (χ2v) is 5.11. The van der Waals surface area contributed by atoms with E-state index in [1.807, 2.05) is 6.07 Å². The highest BCUT2D eigenvalue weighted by atomic mass is 79.9. The zero-order valence-electron chi connectivity index (χ0n) is 7.71. The fourth-order valence-electron chi connectivity index (χ4n) is 1.46. The summed E-state index contributed by atoms with van der Waals surface area (Å²) >= 11 is 5.13. The molecule has 0 aliphatic carbocycles. The highest BCUT2D eigenvalue weighted by Gasteiger charge is 2.06. The molecule has 0 radical (unpaired) electrons. The summed E-state index contributed by atoms with van der Waals surface area (Å²) in [6.45, 7) is 1.63. The average Bonchev–Trinajstić information content (AvgIpc) is 2.47. The molecule has 1 aromatic carbocycles. The maximum atomic E-state index is 11.0. The Morgan fingerprint density at radius 2 is 2.29 bits per heavy atom. The zero-order valence-corrected chi connectivity index (χ0v) is 10.1. The van der Waals surface area contributed by atoms with Gasteiger partial charge in [0.15, 0.2) is 0 Å². The van der Waals surface area contributed by atoms with Crippen LogP contribution in [-0.2, 0) is 11.2 Å². The van der Waals surface area contributed by atoms with Gasteiger partial charge in [-0.2, -0.15) is 0 Å². The minimum Gasteiger partial charge on any atom is -0.300 e. The number of carbonyl (C=O) groups is 1. The summed E-state index contributed by atoms with van der Waals surface area (Å²) in [5, 5.41) is 3.26. The Kier molecular flexibility index (Phi) is 2.70. The van der Waals surface area contributed by atoms with Gasteiger partial charge in [0, 0.05) is 15.6 Å². The molecule has 0 saturated carbocycles. The third-order valence-corrected chi connectivity index (χ3v) is 3.56. The number of halogens is 1. The van der Waals surface area contributed by atoms with E-state index in [2.05, 4.69) is 33.4 Å². The molecule has 0 saturated heterocycles. The lowest BCUT2D eigenvalue weighted by Gasteiger charge is -1.96. The van der Waals surface area contributed by atoms with E-state index in [9.17, 15) is 4.79 Å². The van der Waals surface area contributed by atoms with Crippen molar-refractivity contribution < 1.29 is 4.79 Å². The van der Waals surface area contributed by atoms with Crippen LogP contribution in [0.5, 0.6) is 0 Å². The summed E-state index contributed by atoms with van der Waals surface area (Å²) < 4.78 is 2.30. The molecule has 0 fully saturated rings. The number of hydrogen-bond acceptors (Lipinski definition) is 2. The van der Waals surface area contributed by atoms with Crippen LogP contribution >= 0.6 is 27.3 Å². The van der Waals surface area contributed by atoms with Crippen molar-refractivity contribution in [3.05, 3.63) is 33.6 Å². The summed E-state index contributed by atoms with van der Waals surface area (Å²) in [6.07, 6.45) is 0.538. The Balaban J connectivity index is 2.55. The first-order valence-electron chi connectivity index (χ1n) is 4.32. The van der Waals surface area contributed by atoms with Gasteiger partial charge in [-0.3, -0.25) is 4.79 Å². The Bertz CT molecular complexity index is 487. The van der Waals surface area contributed by atoms with Crippen molar-refractivity contribution in [1.82, 2.24) is 0 Å². The van der Waals surface area contributed by atoms with Gasteiger partial charge >= 0.3 is 0 Å². The second kappa shape index (κ2) is 3.83. The highest BCUT2D eigenvalue weighted by Crippen LogP contribution is 2.29. The molecular formula is C11H9BrOS. The first kappa shape index (κ1) is 9.87. The summed E-state index contributed by atoms with van der Waals surface area (Å²) in [4.78, 5) is 11.0. The third kappa shape index (κ3) is 1.88.